The summed E-state index contributed by atoms with van der Waals surface area (Å²) >= 11 is 6.17. The van der Waals surface area contributed by atoms with Crippen LogP contribution in [0, 0.1) is 0 Å². The Labute approximate surface area is 198 Å². The second-order valence-corrected chi connectivity index (χ2v) is 8.93. The lowest BCUT2D eigenvalue weighted by Gasteiger charge is -2.39. The molecule has 3 unspecified atom stereocenters. The van der Waals surface area contributed by atoms with E-state index in [0.29, 0.717) is 22.9 Å². The molecule has 3 atom stereocenters. The van der Waals surface area contributed by atoms with Crippen LogP contribution in [0.3, 0.4) is 0 Å². The van der Waals surface area contributed by atoms with E-state index in [4.69, 9.17) is 21.1 Å². The van der Waals surface area contributed by atoms with Gasteiger partial charge in [0.05, 0.1) is 12.1 Å². The highest BCUT2D eigenvalue weighted by molar-refractivity contribution is 6.30. The van der Waals surface area contributed by atoms with E-state index < -0.39 is 11.2 Å². The summed E-state index contributed by atoms with van der Waals surface area (Å²) in [5.41, 5.74) is 0.387. The van der Waals surface area contributed by atoms with Crippen LogP contribution in [0.15, 0.2) is 66.9 Å². The van der Waals surface area contributed by atoms with E-state index >= 15 is 0 Å². The molecule has 1 saturated carbocycles. The van der Waals surface area contributed by atoms with Crippen molar-refractivity contribution in [3.8, 4) is 11.5 Å². The maximum absolute atomic E-state index is 12.0. The van der Waals surface area contributed by atoms with Gasteiger partial charge in [-0.1, -0.05) is 54.1 Å². The fourth-order valence-electron chi connectivity index (χ4n) is 4.89. The molecule has 5 rings (SSSR count). The first-order chi connectivity index (χ1) is 15.9. The topological polar surface area (TPSA) is 71.9 Å². The molecule has 0 radical (unpaired) electrons. The number of hydrogen-bond donors (Lipinski definition) is 1. The molecule has 172 valence electrons. The summed E-state index contributed by atoms with van der Waals surface area (Å²) in [5, 5.41) is 12.5. The van der Waals surface area contributed by atoms with Crippen LogP contribution in [0.2, 0.25) is 5.02 Å². The zero-order chi connectivity index (χ0) is 23.6. The van der Waals surface area contributed by atoms with Crippen LogP contribution >= 0.6 is 11.6 Å². The Morgan fingerprint density at radius 1 is 1.18 bits per heavy atom. The van der Waals surface area contributed by atoms with Crippen molar-refractivity contribution >= 4 is 18.0 Å². The minimum atomic E-state index is -1.23. The van der Waals surface area contributed by atoms with Gasteiger partial charge in [-0.15, -0.1) is 0 Å². The van der Waals surface area contributed by atoms with Gasteiger partial charge in [0.25, 0.3) is 0 Å². The highest BCUT2D eigenvalue weighted by Gasteiger charge is 2.69. The van der Waals surface area contributed by atoms with Crippen LogP contribution < -0.4 is 9.47 Å². The molecule has 3 aromatic rings. The molecule has 1 aromatic heterocycles. The lowest BCUT2D eigenvalue weighted by Crippen LogP contribution is -2.48. The summed E-state index contributed by atoms with van der Waals surface area (Å²) < 4.78 is 11.9. The highest BCUT2D eigenvalue weighted by Crippen LogP contribution is 2.66. The Hall–Kier alpha value is -3.09. The van der Waals surface area contributed by atoms with Crippen LogP contribution in [0.5, 0.6) is 11.5 Å². The number of fused-ring (bicyclic) bond motifs is 3. The van der Waals surface area contributed by atoms with E-state index in [9.17, 15) is 9.90 Å². The average molecular weight is 467 g/mol. The molecule has 0 spiro atoms. The molecular weight excluding hydrogens is 440 g/mol. The number of hydrogen-bond acceptors (Lipinski definition) is 5. The predicted molar refractivity (Wildman–Crippen MR) is 127 cm³/mol. The smallest absolute Gasteiger partial charge is 0.209 e. The van der Waals surface area contributed by atoms with Gasteiger partial charge in [0.15, 0.2) is 11.2 Å². The first-order valence-electron chi connectivity index (χ1n) is 10.7. The van der Waals surface area contributed by atoms with Gasteiger partial charge in [0.2, 0.25) is 6.41 Å². The Morgan fingerprint density at radius 2 is 1.85 bits per heavy atom. The molecule has 2 aromatic carbocycles. The third-order valence-corrected chi connectivity index (χ3v) is 6.52. The summed E-state index contributed by atoms with van der Waals surface area (Å²) in [6.07, 6.45) is 3.66. The SMILES string of the molecule is CN(C)C=O.COc1ccc(C23Oc4cc(Cl)cnc4C2(O)CCC3c2ccccc2)cc1. The second-order valence-electron chi connectivity index (χ2n) is 8.50. The number of amides is 1. The molecule has 1 amide bonds. The number of methoxy groups -OCH3 is 1. The lowest BCUT2D eigenvalue weighted by molar-refractivity contribution is -0.115. The normalized spacial score (nSPS) is 24.6. The largest absolute Gasteiger partial charge is 0.497 e. The zero-order valence-corrected chi connectivity index (χ0v) is 19.6. The Morgan fingerprint density at radius 3 is 2.45 bits per heavy atom. The highest BCUT2D eigenvalue weighted by atomic mass is 35.5. The maximum atomic E-state index is 12.0. The third kappa shape index (κ3) is 3.83. The van der Waals surface area contributed by atoms with Gasteiger partial charge in [0, 0.05) is 32.3 Å². The van der Waals surface area contributed by atoms with E-state index in [2.05, 4.69) is 17.1 Å². The number of benzene rings is 2. The van der Waals surface area contributed by atoms with Gasteiger partial charge in [-0.05, 0) is 36.1 Å². The molecule has 2 heterocycles. The zero-order valence-electron chi connectivity index (χ0n) is 18.9. The second kappa shape index (κ2) is 9.04. The molecule has 0 bridgehead atoms. The number of halogens is 1. The van der Waals surface area contributed by atoms with Crippen molar-refractivity contribution in [2.75, 3.05) is 21.2 Å². The van der Waals surface area contributed by atoms with E-state index in [1.54, 1.807) is 33.5 Å². The fraction of sp³-hybridized carbons (Fsp3) is 0.308. The van der Waals surface area contributed by atoms with Crippen molar-refractivity contribution in [1.29, 1.82) is 0 Å². The Kier molecular flexibility index (Phi) is 6.32. The Bertz CT molecular complexity index is 1120. The maximum Gasteiger partial charge on any atom is 0.209 e. The van der Waals surface area contributed by atoms with Crippen LogP contribution in [-0.4, -0.2) is 42.6 Å². The molecular formula is C26H27ClN2O4. The van der Waals surface area contributed by atoms with Crippen LogP contribution in [-0.2, 0) is 16.0 Å². The molecule has 33 heavy (non-hydrogen) atoms. The summed E-state index contributed by atoms with van der Waals surface area (Å²) in [5.74, 6) is 1.28. The molecule has 1 N–H and O–H groups in total. The van der Waals surface area contributed by atoms with E-state index in [-0.39, 0.29) is 5.92 Å². The van der Waals surface area contributed by atoms with Gasteiger partial charge in [-0.3, -0.25) is 9.78 Å². The number of aliphatic hydroxyl groups is 1. The fourth-order valence-corrected chi connectivity index (χ4v) is 5.03. The van der Waals surface area contributed by atoms with Crippen molar-refractivity contribution < 1.29 is 19.4 Å². The number of carbonyl (C=O) groups excluding carboxylic acids is 1. The number of aromatic nitrogens is 1. The van der Waals surface area contributed by atoms with Crippen LogP contribution in [0.25, 0.3) is 0 Å². The quantitative estimate of drug-likeness (QED) is 0.573. The van der Waals surface area contributed by atoms with E-state index in [1.807, 2.05) is 42.5 Å². The standard InChI is InChI=1S/C23H20ClNO3.C3H7NO/c1-27-18-9-7-16(8-10-18)23-19(15-5-3-2-4-6-15)11-12-22(23,26)21-20(28-23)13-17(24)14-25-21;1-4(2)3-5/h2-10,13-14,19,26H,11-12H2,1H3;3H,1-2H3. The molecule has 0 saturated heterocycles. The molecule has 1 aliphatic carbocycles. The van der Waals surface area contributed by atoms with Gasteiger partial charge in [-0.2, -0.15) is 0 Å². The van der Waals surface area contributed by atoms with Gasteiger partial charge in [0.1, 0.15) is 17.2 Å². The monoisotopic (exact) mass is 466 g/mol. The van der Waals surface area contributed by atoms with Crippen molar-refractivity contribution in [2.45, 2.75) is 30.0 Å². The molecule has 1 fully saturated rings. The Balaban J connectivity index is 0.000000471. The van der Waals surface area contributed by atoms with Crippen LogP contribution in [0.4, 0.5) is 0 Å². The van der Waals surface area contributed by atoms with Crippen molar-refractivity contribution in [3.05, 3.63) is 88.7 Å². The van der Waals surface area contributed by atoms with Gasteiger partial charge in [-0.25, -0.2) is 0 Å². The minimum Gasteiger partial charge on any atom is -0.497 e. The number of carbonyl (C=O) groups is 1. The summed E-state index contributed by atoms with van der Waals surface area (Å²) in [6.45, 7) is 0. The summed E-state index contributed by atoms with van der Waals surface area (Å²) in [6, 6.07) is 19.7. The van der Waals surface area contributed by atoms with Crippen molar-refractivity contribution in [1.82, 2.24) is 9.88 Å². The first kappa shape index (κ1) is 23.1. The average Bonchev–Trinajstić information content (AvgIpc) is 3.26. The minimum absolute atomic E-state index is 0.0277. The van der Waals surface area contributed by atoms with E-state index in [0.717, 1.165) is 29.7 Å². The first-order valence-corrected chi connectivity index (χ1v) is 11.1. The van der Waals surface area contributed by atoms with Gasteiger partial charge >= 0.3 is 0 Å². The predicted octanol–water partition coefficient (Wildman–Crippen LogP) is 4.50. The number of ether oxygens (including phenoxy) is 2. The number of rotatable bonds is 4. The molecule has 7 heteroatoms. The summed E-state index contributed by atoms with van der Waals surface area (Å²) in [7, 11) is 5.01. The van der Waals surface area contributed by atoms with E-state index in [1.165, 1.54) is 4.90 Å². The van der Waals surface area contributed by atoms with Crippen molar-refractivity contribution in [2.24, 2.45) is 0 Å². The molecule has 6 nitrogen and oxygen atoms in total. The number of nitrogens with zero attached hydrogens (tertiary/aromatic N) is 2. The van der Waals surface area contributed by atoms with Crippen LogP contribution in [0.1, 0.15) is 35.6 Å². The van der Waals surface area contributed by atoms with Gasteiger partial charge < -0.3 is 19.5 Å². The third-order valence-electron chi connectivity index (χ3n) is 6.31. The summed E-state index contributed by atoms with van der Waals surface area (Å²) in [4.78, 5) is 15.3. The molecule has 1 aliphatic heterocycles. The number of pyridine rings is 1. The van der Waals surface area contributed by atoms with Crippen molar-refractivity contribution in [3.63, 3.8) is 0 Å². The lowest BCUT2D eigenvalue weighted by atomic mass is 9.73. The molecule has 2 aliphatic rings.